The molecule has 0 radical (unpaired) electrons. The fourth-order valence-corrected chi connectivity index (χ4v) is 2.15. The van der Waals surface area contributed by atoms with E-state index in [9.17, 15) is 9.90 Å². The molecule has 1 N–H and O–H groups in total. The molecule has 1 amide bonds. The molecule has 1 fully saturated rings. The number of carbonyl (C=O) groups is 1. The second-order valence-corrected chi connectivity index (χ2v) is 4.34. The molecule has 0 aromatic heterocycles. The zero-order chi connectivity index (χ0) is 11.5. The maximum Gasteiger partial charge on any atom is 0.254 e. The topological polar surface area (TPSA) is 40.5 Å². The number of amides is 1. The van der Waals surface area contributed by atoms with Crippen LogP contribution in [-0.2, 0) is 0 Å². The summed E-state index contributed by atoms with van der Waals surface area (Å²) in [6.45, 7) is 2.83. The number of hydrogen-bond donors (Lipinski definition) is 1. The van der Waals surface area contributed by atoms with E-state index in [1.54, 1.807) is 4.90 Å². The van der Waals surface area contributed by atoms with Crippen molar-refractivity contribution in [3.63, 3.8) is 0 Å². The summed E-state index contributed by atoms with van der Waals surface area (Å²) in [4.78, 5) is 13.9. The van der Waals surface area contributed by atoms with E-state index < -0.39 is 0 Å². The second kappa shape index (κ2) is 4.66. The minimum absolute atomic E-state index is 0.00815. The van der Waals surface area contributed by atoms with Crippen molar-refractivity contribution in [3.8, 4) is 0 Å². The lowest BCUT2D eigenvalue weighted by molar-refractivity contribution is 0.0677. The van der Waals surface area contributed by atoms with Crippen LogP contribution in [0.3, 0.4) is 0 Å². The Morgan fingerprint density at radius 1 is 1.44 bits per heavy atom. The third-order valence-corrected chi connectivity index (χ3v) is 3.15. The van der Waals surface area contributed by atoms with E-state index in [1.165, 1.54) is 0 Å². The molecule has 1 aromatic rings. The Morgan fingerprint density at radius 2 is 2.12 bits per heavy atom. The zero-order valence-corrected chi connectivity index (χ0v) is 9.52. The van der Waals surface area contributed by atoms with Gasteiger partial charge in [0.15, 0.2) is 0 Å². The van der Waals surface area contributed by atoms with Gasteiger partial charge in [-0.15, -0.1) is 0 Å². The number of carbonyl (C=O) groups excluding carboxylic acids is 1. The lowest BCUT2D eigenvalue weighted by Crippen LogP contribution is -2.37. The molecule has 0 aliphatic carbocycles. The molecule has 1 saturated heterocycles. The fourth-order valence-electron chi connectivity index (χ4n) is 2.15. The first-order chi connectivity index (χ1) is 7.72. The maximum absolute atomic E-state index is 12.1. The highest BCUT2D eigenvalue weighted by Crippen LogP contribution is 2.19. The molecule has 86 valence electrons. The normalized spacial score (nSPS) is 20.1. The van der Waals surface area contributed by atoms with Gasteiger partial charge >= 0.3 is 0 Å². The Morgan fingerprint density at radius 3 is 2.75 bits per heavy atom. The van der Waals surface area contributed by atoms with Crippen LogP contribution in [0.5, 0.6) is 0 Å². The Bertz CT molecular complexity index is 372. The van der Waals surface area contributed by atoms with Gasteiger partial charge in [0, 0.05) is 12.1 Å². The molecule has 3 heteroatoms. The summed E-state index contributed by atoms with van der Waals surface area (Å²) in [7, 11) is 0. The van der Waals surface area contributed by atoms with Gasteiger partial charge in [-0.2, -0.15) is 0 Å². The summed E-state index contributed by atoms with van der Waals surface area (Å²) in [6.07, 6.45) is 1.90. The minimum Gasteiger partial charge on any atom is -0.394 e. The zero-order valence-electron chi connectivity index (χ0n) is 9.52. The van der Waals surface area contributed by atoms with E-state index in [0.717, 1.165) is 24.9 Å². The van der Waals surface area contributed by atoms with Gasteiger partial charge in [0.2, 0.25) is 0 Å². The van der Waals surface area contributed by atoms with Crippen LogP contribution in [0.2, 0.25) is 0 Å². The molecular weight excluding hydrogens is 202 g/mol. The van der Waals surface area contributed by atoms with Gasteiger partial charge in [-0.1, -0.05) is 17.7 Å². The molecule has 1 aliphatic rings. The lowest BCUT2D eigenvalue weighted by atomic mass is 10.1. The standard InChI is InChI=1S/C13H17NO2/c1-10-4-6-11(7-5-10)13(16)14-8-2-3-12(14)9-15/h4-7,12,15H,2-3,8-9H2,1H3/t12-/m0/s1. The number of aliphatic hydroxyl groups is 1. The van der Waals surface area contributed by atoms with E-state index in [2.05, 4.69) is 0 Å². The minimum atomic E-state index is 0.00815. The largest absolute Gasteiger partial charge is 0.394 e. The molecule has 0 unspecified atom stereocenters. The van der Waals surface area contributed by atoms with Crippen molar-refractivity contribution in [2.24, 2.45) is 0 Å². The van der Waals surface area contributed by atoms with Crippen LogP contribution in [0, 0.1) is 6.92 Å². The Labute approximate surface area is 95.7 Å². The molecule has 0 bridgehead atoms. The van der Waals surface area contributed by atoms with Crippen LogP contribution >= 0.6 is 0 Å². The van der Waals surface area contributed by atoms with Crippen molar-refractivity contribution in [2.45, 2.75) is 25.8 Å². The van der Waals surface area contributed by atoms with Crippen LogP contribution in [0.15, 0.2) is 24.3 Å². The van der Waals surface area contributed by atoms with Crippen LogP contribution in [0.4, 0.5) is 0 Å². The van der Waals surface area contributed by atoms with Crippen molar-refractivity contribution in [2.75, 3.05) is 13.2 Å². The quantitative estimate of drug-likeness (QED) is 0.820. The predicted molar refractivity (Wildman–Crippen MR) is 62.3 cm³/mol. The monoisotopic (exact) mass is 219 g/mol. The van der Waals surface area contributed by atoms with Crippen molar-refractivity contribution >= 4 is 5.91 Å². The molecule has 16 heavy (non-hydrogen) atoms. The summed E-state index contributed by atoms with van der Waals surface area (Å²) in [5.74, 6) is 0.0385. The SMILES string of the molecule is Cc1ccc(C(=O)N2CCC[C@H]2CO)cc1. The molecule has 1 aromatic carbocycles. The third kappa shape index (κ3) is 2.09. The van der Waals surface area contributed by atoms with E-state index in [-0.39, 0.29) is 18.6 Å². The number of benzene rings is 1. The van der Waals surface area contributed by atoms with E-state index in [1.807, 2.05) is 31.2 Å². The molecule has 1 aliphatic heterocycles. The number of aliphatic hydroxyl groups excluding tert-OH is 1. The summed E-state index contributed by atoms with van der Waals surface area (Å²) < 4.78 is 0. The molecule has 0 spiro atoms. The highest BCUT2D eigenvalue weighted by molar-refractivity contribution is 5.94. The molecular formula is C13H17NO2. The van der Waals surface area contributed by atoms with Gasteiger partial charge in [0.05, 0.1) is 12.6 Å². The van der Waals surface area contributed by atoms with Gasteiger partial charge in [0.1, 0.15) is 0 Å². The average Bonchev–Trinajstić information content (AvgIpc) is 2.77. The smallest absolute Gasteiger partial charge is 0.254 e. The number of hydrogen-bond acceptors (Lipinski definition) is 2. The molecule has 0 saturated carbocycles. The van der Waals surface area contributed by atoms with Crippen LogP contribution in [-0.4, -0.2) is 35.1 Å². The van der Waals surface area contributed by atoms with Crippen molar-refractivity contribution in [3.05, 3.63) is 35.4 Å². The summed E-state index contributed by atoms with van der Waals surface area (Å²) in [6, 6.07) is 7.59. The second-order valence-electron chi connectivity index (χ2n) is 4.34. The highest BCUT2D eigenvalue weighted by Gasteiger charge is 2.28. The molecule has 2 rings (SSSR count). The number of nitrogens with zero attached hydrogens (tertiary/aromatic N) is 1. The van der Waals surface area contributed by atoms with Crippen LogP contribution < -0.4 is 0 Å². The number of aryl methyl sites for hydroxylation is 1. The van der Waals surface area contributed by atoms with Crippen molar-refractivity contribution in [1.82, 2.24) is 4.90 Å². The van der Waals surface area contributed by atoms with Gasteiger partial charge < -0.3 is 10.0 Å². The van der Waals surface area contributed by atoms with Crippen LogP contribution in [0.1, 0.15) is 28.8 Å². The average molecular weight is 219 g/mol. The molecule has 3 nitrogen and oxygen atoms in total. The summed E-state index contributed by atoms with van der Waals surface area (Å²) in [5, 5.41) is 9.18. The summed E-state index contributed by atoms with van der Waals surface area (Å²) in [5.41, 5.74) is 1.86. The Balaban J connectivity index is 2.15. The van der Waals surface area contributed by atoms with E-state index >= 15 is 0 Å². The lowest BCUT2D eigenvalue weighted by Gasteiger charge is -2.23. The third-order valence-electron chi connectivity index (χ3n) is 3.15. The van der Waals surface area contributed by atoms with Gasteiger partial charge in [-0.3, -0.25) is 4.79 Å². The summed E-state index contributed by atoms with van der Waals surface area (Å²) >= 11 is 0. The predicted octanol–water partition coefficient (Wildman–Crippen LogP) is 1.59. The molecule has 1 heterocycles. The first kappa shape index (κ1) is 11.1. The van der Waals surface area contributed by atoms with Crippen molar-refractivity contribution < 1.29 is 9.90 Å². The van der Waals surface area contributed by atoms with Gasteiger partial charge in [0.25, 0.3) is 5.91 Å². The maximum atomic E-state index is 12.1. The first-order valence-electron chi connectivity index (χ1n) is 5.71. The van der Waals surface area contributed by atoms with E-state index in [4.69, 9.17) is 0 Å². The Hall–Kier alpha value is -1.35. The Kier molecular flexibility index (Phi) is 3.25. The van der Waals surface area contributed by atoms with Gasteiger partial charge in [-0.05, 0) is 31.9 Å². The van der Waals surface area contributed by atoms with E-state index in [0.29, 0.717) is 5.56 Å². The van der Waals surface area contributed by atoms with Gasteiger partial charge in [-0.25, -0.2) is 0 Å². The van der Waals surface area contributed by atoms with Crippen LogP contribution in [0.25, 0.3) is 0 Å². The highest BCUT2D eigenvalue weighted by atomic mass is 16.3. The first-order valence-corrected chi connectivity index (χ1v) is 5.71. The number of likely N-dealkylation sites (tertiary alicyclic amines) is 1. The molecule has 1 atom stereocenters. The fraction of sp³-hybridized carbons (Fsp3) is 0.462. The van der Waals surface area contributed by atoms with Crippen molar-refractivity contribution in [1.29, 1.82) is 0 Å². The number of rotatable bonds is 2.